The molecule has 1 amide bonds. The molecule has 1 aliphatic heterocycles. The van der Waals surface area contributed by atoms with Gasteiger partial charge in [0.05, 0.1) is 23.7 Å². The molecule has 1 aromatic carbocycles. The van der Waals surface area contributed by atoms with Crippen LogP contribution in [0.3, 0.4) is 0 Å². The summed E-state index contributed by atoms with van der Waals surface area (Å²) in [6, 6.07) is 6.16. The summed E-state index contributed by atoms with van der Waals surface area (Å²) in [6.45, 7) is 3.58. The van der Waals surface area contributed by atoms with E-state index in [1.165, 1.54) is 11.1 Å². The Bertz CT molecular complexity index is 686. The monoisotopic (exact) mass is 336 g/mol. The number of allylic oxidation sites excluding steroid dienone is 1. The molecule has 0 saturated carbocycles. The molecule has 0 aromatic heterocycles. The van der Waals surface area contributed by atoms with Crippen LogP contribution in [0.25, 0.3) is 0 Å². The number of nitrogens with one attached hydrogen (secondary N) is 1. The van der Waals surface area contributed by atoms with Crippen molar-refractivity contribution in [1.82, 2.24) is 10.4 Å². The molecule has 0 fully saturated rings. The number of hydrogen-bond donors (Lipinski definition) is 2. The molecule has 0 aliphatic carbocycles. The molecule has 0 atom stereocenters. The summed E-state index contributed by atoms with van der Waals surface area (Å²) >= 11 is 1.14. The third kappa shape index (κ3) is 3.84. The maximum absolute atomic E-state index is 12.3. The van der Waals surface area contributed by atoms with E-state index in [9.17, 15) is 14.4 Å². The van der Waals surface area contributed by atoms with Crippen LogP contribution in [0, 0.1) is 0 Å². The predicted molar refractivity (Wildman–Crippen MR) is 84.5 cm³/mol. The molecule has 1 heterocycles. The lowest BCUT2D eigenvalue weighted by molar-refractivity contribution is -0.131. The number of carbonyl (C=O) groups is 3. The van der Waals surface area contributed by atoms with Gasteiger partial charge in [0, 0.05) is 5.56 Å². The van der Waals surface area contributed by atoms with Gasteiger partial charge in [-0.1, -0.05) is 17.8 Å². The SMILES string of the molecule is CCOC(=O)c1cccc(C(=O)NN2CSC(C(=O)O)=C2C)c1. The van der Waals surface area contributed by atoms with Gasteiger partial charge in [-0.05, 0) is 32.0 Å². The van der Waals surface area contributed by atoms with Crippen LogP contribution in [-0.4, -0.2) is 40.4 Å². The fourth-order valence-electron chi connectivity index (χ4n) is 1.97. The van der Waals surface area contributed by atoms with E-state index in [0.717, 1.165) is 11.8 Å². The number of hydrogen-bond acceptors (Lipinski definition) is 6. The number of carbonyl (C=O) groups excluding carboxylic acids is 2. The highest BCUT2D eigenvalue weighted by Crippen LogP contribution is 2.30. The Labute approximate surface area is 137 Å². The topological polar surface area (TPSA) is 95.9 Å². The van der Waals surface area contributed by atoms with Gasteiger partial charge in [0.25, 0.3) is 5.91 Å². The number of esters is 1. The number of carboxylic acids is 1. The first-order valence-electron chi connectivity index (χ1n) is 6.86. The summed E-state index contributed by atoms with van der Waals surface area (Å²) < 4.78 is 4.90. The summed E-state index contributed by atoms with van der Waals surface area (Å²) in [5.74, 6) is -1.63. The van der Waals surface area contributed by atoms with E-state index < -0.39 is 17.8 Å². The van der Waals surface area contributed by atoms with Crippen molar-refractivity contribution < 1.29 is 24.2 Å². The van der Waals surface area contributed by atoms with Crippen molar-refractivity contribution in [2.45, 2.75) is 13.8 Å². The number of ether oxygens (including phenoxy) is 1. The van der Waals surface area contributed by atoms with Crippen molar-refractivity contribution in [1.29, 1.82) is 0 Å². The molecule has 7 nitrogen and oxygen atoms in total. The highest BCUT2D eigenvalue weighted by Gasteiger charge is 2.26. The minimum atomic E-state index is -1.02. The third-order valence-corrected chi connectivity index (χ3v) is 4.28. The van der Waals surface area contributed by atoms with Crippen molar-refractivity contribution in [3.05, 3.63) is 46.0 Å². The van der Waals surface area contributed by atoms with Crippen molar-refractivity contribution in [2.75, 3.05) is 12.5 Å². The third-order valence-electron chi connectivity index (χ3n) is 3.14. The van der Waals surface area contributed by atoms with Crippen LogP contribution >= 0.6 is 11.8 Å². The minimum Gasteiger partial charge on any atom is -0.477 e. The molecule has 1 aromatic rings. The largest absolute Gasteiger partial charge is 0.477 e. The first-order chi connectivity index (χ1) is 10.9. The smallest absolute Gasteiger partial charge is 0.344 e. The first-order valence-corrected chi connectivity index (χ1v) is 7.85. The lowest BCUT2D eigenvalue weighted by Gasteiger charge is -2.20. The van der Waals surface area contributed by atoms with E-state index in [1.54, 1.807) is 32.0 Å². The maximum Gasteiger partial charge on any atom is 0.344 e. The van der Waals surface area contributed by atoms with Crippen LogP contribution in [0.15, 0.2) is 34.9 Å². The molecule has 122 valence electrons. The molecule has 0 radical (unpaired) electrons. The predicted octanol–water partition coefficient (Wildman–Crippen LogP) is 1.83. The number of hydrazine groups is 1. The van der Waals surface area contributed by atoms with Gasteiger partial charge < -0.3 is 9.84 Å². The van der Waals surface area contributed by atoms with Crippen LogP contribution in [-0.2, 0) is 9.53 Å². The number of benzene rings is 1. The molecule has 1 aliphatic rings. The minimum absolute atomic E-state index is 0.200. The van der Waals surface area contributed by atoms with Crippen molar-refractivity contribution in [3.63, 3.8) is 0 Å². The number of carboxylic acid groups (broad SMARTS) is 1. The van der Waals surface area contributed by atoms with Crippen LogP contribution in [0.1, 0.15) is 34.6 Å². The van der Waals surface area contributed by atoms with Gasteiger partial charge in [0.2, 0.25) is 0 Å². The zero-order chi connectivity index (χ0) is 17.0. The van der Waals surface area contributed by atoms with Crippen LogP contribution in [0.4, 0.5) is 0 Å². The molecule has 0 unspecified atom stereocenters. The van der Waals surface area contributed by atoms with Crippen molar-refractivity contribution in [2.24, 2.45) is 0 Å². The molecule has 0 saturated heterocycles. The molecule has 23 heavy (non-hydrogen) atoms. The second kappa shape index (κ2) is 7.19. The van der Waals surface area contributed by atoms with Gasteiger partial charge in [-0.3, -0.25) is 15.2 Å². The summed E-state index contributed by atoms with van der Waals surface area (Å²) in [4.78, 5) is 35.2. The van der Waals surface area contributed by atoms with Gasteiger partial charge in [-0.2, -0.15) is 0 Å². The van der Waals surface area contributed by atoms with E-state index in [-0.39, 0.29) is 22.6 Å². The Hall–Kier alpha value is -2.48. The number of thioether (sulfide) groups is 1. The van der Waals surface area contributed by atoms with Gasteiger partial charge in [0.15, 0.2) is 0 Å². The summed E-state index contributed by atoms with van der Waals surface area (Å²) in [5.41, 5.74) is 3.67. The van der Waals surface area contributed by atoms with Crippen molar-refractivity contribution >= 4 is 29.6 Å². The Kier molecular flexibility index (Phi) is 5.28. The normalized spacial score (nSPS) is 13.9. The number of amides is 1. The van der Waals surface area contributed by atoms with Crippen LogP contribution in [0.2, 0.25) is 0 Å². The number of rotatable bonds is 5. The Balaban J connectivity index is 2.12. The summed E-state index contributed by atoms with van der Waals surface area (Å²) in [5, 5.41) is 10.5. The summed E-state index contributed by atoms with van der Waals surface area (Å²) in [6.07, 6.45) is 0. The Morgan fingerprint density at radius 2 is 2.04 bits per heavy atom. The quantitative estimate of drug-likeness (QED) is 0.792. The molecule has 2 N–H and O–H groups in total. The highest BCUT2D eigenvalue weighted by molar-refractivity contribution is 8.04. The number of aliphatic carboxylic acids is 1. The highest BCUT2D eigenvalue weighted by atomic mass is 32.2. The average Bonchev–Trinajstić information content (AvgIpc) is 2.89. The van der Waals surface area contributed by atoms with Gasteiger partial charge in [0.1, 0.15) is 4.91 Å². The molecule has 0 bridgehead atoms. The van der Waals surface area contributed by atoms with Gasteiger partial charge in [-0.15, -0.1) is 0 Å². The molecule has 2 rings (SSSR count). The molecular weight excluding hydrogens is 320 g/mol. The maximum atomic E-state index is 12.3. The zero-order valence-electron chi connectivity index (χ0n) is 12.7. The lowest BCUT2D eigenvalue weighted by Crippen LogP contribution is -2.39. The second-order valence-electron chi connectivity index (χ2n) is 4.66. The first kappa shape index (κ1) is 16.9. The molecule has 8 heteroatoms. The van der Waals surface area contributed by atoms with Gasteiger partial charge >= 0.3 is 11.9 Å². The fraction of sp³-hybridized carbons (Fsp3) is 0.267. The van der Waals surface area contributed by atoms with E-state index in [1.807, 2.05) is 0 Å². The Morgan fingerprint density at radius 3 is 2.65 bits per heavy atom. The molecule has 0 spiro atoms. The number of nitrogens with zero attached hydrogens (tertiary/aromatic N) is 1. The van der Waals surface area contributed by atoms with E-state index in [4.69, 9.17) is 9.84 Å². The second-order valence-corrected chi connectivity index (χ2v) is 5.62. The zero-order valence-corrected chi connectivity index (χ0v) is 13.5. The fourth-order valence-corrected chi connectivity index (χ4v) is 2.93. The van der Waals surface area contributed by atoms with E-state index in [0.29, 0.717) is 11.6 Å². The van der Waals surface area contributed by atoms with E-state index in [2.05, 4.69) is 5.43 Å². The standard InChI is InChI=1S/C15H16N2O5S/c1-3-22-15(21)11-6-4-5-10(7-11)13(18)16-17-8-23-12(9(17)2)14(19)20/h4-7H,3,8H2,1-2H3,(H,16,18)(H,19,20). The summed E-state index contributed by atoms with van der Waals surface area (Å²) in [7, 11) is 0. The molecular formula is C15H16N2O5S. The van der Waals surface area contributed by atoms with E-state index >= 15 is 0 Å². The van der Waals surface area contributed by atoms with Crippen molar-refractivity contribution in [3.8, 4) is 0 Å². The van der Waals surface area contributed by atoms with Crippen LogP contribution in [0.5, 0.6) is 0 Å². The van der Waals surface area contributed by atoms with Crippen LogP contribution < -0.4 is 5.43 Å². The van der Waals surface area contributed by atoms with Gasteiger partial charge in [-0.25, -0.2) is 9.59 Å². The lowest BCUT2D eigenvalue weighted by atomic mass is 10.1. The average molecular weight is 336 g/mol. The Morgan fingerprint density at radius 1 is 1.35 bits per heavy atom.